The fraction of sp³-hybridized carbons (Fsp3) is 0.167. The summed E-state index contributed by atoms with van der Waals surface area (Å²) in [6.07, 6.45) is 0.753. The van der Waals surface area contributed by atoms with Gasteiger partial charge in [-0.2, -0.15) is 0 Å². The lowest BCUT2D eigenvalue weighted by Gasteiger charge is -2.08. The summed E-state index contributed by atoms with van der Waals surface area (Å²) in [6.45, 7) is 1.42. The highest BCUT2D eigenvalue weighted by molar-refractivity contribution is 5.97. The zero-order valence-electron chi connectivity index (χ0n) is 9.19. The molecule has 0 unspecified atom stereocenters. The maximum atomic E-state index is 11.1. The average molecular weight is 219 g/mol. The first kappa shape index (κ1) is 12.0. The van der Waals surface area contributed by atoms with Crippen LogP contribution in [0, 0.1) is 0 Å². The molecule has 0 atom stereocenters. The minimum Gasteiger partial charge on any atom is -0.453 e. The molecule has 0 aliphatic heterocycles. The maximum Gasteiger partial charge on any atom is 0.411 e. The number of allylic oxidation sites excluding steroid dienone is 1. The van der Waals surface area contributed by atoms with E-state index in [9.17, 15) is 9.59 Å². The molecule has 1 aromatic rings. The Balaban J connectivity index is 2.98. The van der Waals surface area contributed by atoms with Crippen molar-refractivity contribution < 1.29 is 14.3 Å². The summed E-state index contributed by atoms with van der Waals surface area (Å²) in [4.78, 5) is 22.1. The van der Waals surface area contributed by atoms with Crippen LogP contribution in [0.3, 0.4) is 0 Å². The Hall–Kier alpha value is -2.10. The highest BCUT2D eigenvalue weighted by Gasteiger charge is 2.06. The van der Waals surface area contributed by atoms with Crippen molar-refractivity contribution in [2.24, 2.45) is 0 Å². The molecular weight excluding hydrogens is 206 g/mol. The van der Waals surface area contributed by atoms with Crippen molar-refractivity contribution in [3.63, 3.8) is 0 Å². The second-order valence-electron chi connectivity index (χ2n) is 3.15. The monoisotopic (exact) mass is 219 g/mol. The number of carbonyl (C=O) groups is 2. The zero-order chi connectivity index (χ0) is 12.0. The number of hydrogen-bond acceptors (Lipinski definition) is 3. The van der Waals surface area contributed by atoms with E-state index in [1.165, 1.54) is 20.1 Å². The SMILES string of the molecule is COC(=O)N/C(=C\C(C)=O)c1ccccc1. The number of amides is 1. The molecule has 16 heavy (non-hydrogen) atoms. The van der Waals surface area contributed by atoms with Gasteiger partial charge < -0.3 is 4.74 Å². The summed E-state index contributed by atoms with van der Waals surface area (Å²) in [5.41, 5.74) is 1.18. The van der Waals surface area contributed by atoms with Crippen molar-refractivity contribution in [1.29, 1.82) is 0 Å². The number of carbonyl (C=O) groups excluding carboxylic acids is 2. The van der Waals surface area contributed by atoms with Gasteiger partial charge in [0.15, 0.2) is 5.78 Å². The van der Waals surface area contributed by atoms with Crippen molar-refractivity contribution in [3.8, 4) is 0 Å². The Morgan fingerprint density at radius 1 is 1.25 bits per heavy atom. The molecule has 1 amide bonds. The number of nitrogens with one attached hydrogen (secondary N) is 1. The van der Waals surface area contributed by atoms with Crippen LogP contribution in [0.1, 0.15) is 12.5 Å². The minimum atomic E-state index is -0.601. The van der Waals surface area contributed by atoms with E-state index < -0.39 is 6.09 Å². The third kappa shape index (κ3) is 3.57. The number of methoxy groups -OCH3 is 1. The van der Waals surface area contributed by atoms with Crippen LogP contribution >= 0.6 is 0 Å². The van der Waals surface area contributed by atoms with Gasteiger partial charge in [-0.1, -0.05) is 30.3 Å². The van der Waals surface area contributed by atoms with Crippen LogP contribution in [0.4, 0.5) is 4.79 Å². The Morgan fingerprint density at radius 3 is 2.38 bits per heavy atom. The molecule has 4 nitrogen and oxygen atoms in total. The fourth-order valence-corrected chi connectivity index (χ4v) is 1.17. The van der Waals surface area contributed by atoms with Crippen LogP contribution in [-0.4, -0.2) is 19.0 Å². The standard InChI is InChI=1S/C12H13NO3/c1-9(14)8-11(13-12(15)16-2)10-6-4-3-5-7-10/h3-8H,1-2H3,(H,13,15)/b11-8-. The van der Waals surface area contributed by atoms with Crippen LogP contribution in [0.25, 0.3) is 5.70 Å². The van der Waals surface area contributed by atoms with Gasteiger partial charge in [0.1, 0.15) is 0 Å². The summed E-state index contributed by atoms with van der Waals surface area (Å²) in [6, 6.07) is 9.09. The third-order valence-corrected chi connectivity index (χ3v) is 1.85. The lowest BCUT2D eigenvalue weighted by atomic mass is 10.1. The average Bonchev–Trinajstić information content (AvgIpc) is 2.28. The quantitative estimate of drug-likeness (QED) is 0.791. The largest absolute Gasteiger partial charge is 0.453 e. The van der Waals surface area contributed by atoms with Gasteiger partial charge in [0, 0.05) is 6.08 Å². The smallest absolute Gasteiger partial charge is 0.411 e. The van der Waals surface area contributed by atoms with E-state index in [-0.39, 0.29) is 5.78 Å². The molecule has 4 heteroatoms. The highest BCUT2D eigenvalue weighted by atomic mass is 16.5. The second kappa shape index (κ2) is 5.70. The number of hydrogen-bond donors (Lipinski definition) is 1. The van der Waals surface area contributed by atoms with Gasteiger partial charge in [0.2, 0.25) is 0 Å². The molecule has 0 aliphatic carbocycles. The van der Waals surface area contributed by atoms with Gasteiger partial charge in [-0.25, -0.2) is 4.79 Å². The zero-order valence-corrected chi connectivity index (χ0v) is 9.19. The van der Waals surface area contributed by atoms with Crippen molar-refractivity contribution in [3.05, 3.63) is 42.0 Å². The van der Waals surface area contributed by atoms with E-state index >= 15 is 0 Å². The Bertz CT molecular complexity index is 410. The second-order valence-corrected chi connectivity index (χ2v) is 3.15. The molecule has 0 heterocycles. The molecule has 1 aromatic carbocycles. The number of ether oxygens (including phenoxy) is 1. The van der Waals surface area contributed by atoms with Crippen LogP contribution < -0.4 is 5.32 Å². The first-order chi connectivity index (χ1) is 7.63. The van der Waals surface area contributed by atoms with Crippen molar-refractivity contribution in [2.45, 2.75) is 6.92 Å². The van der Waals surface area contributed by atoms with Gasteiger partial charge in [0.25, 0.3) is 0 Å². The minimum absolute atomic E-state index is 0.143. The Kier molecular flexibility index (Phi) is 4.27. The van der Waals surface area contributed by atoms with Gasteiger partial charge in [-0.3, -0.25) is 10.1 Å². The first-order valence-electron chi connectivity index (χ1n) is 4.76. The third-order valence-electron chi connectivity index (χ3n) is 1.85. The number of alkyl carbamates (subject to hydrolysis) is 1. The van der Waals surface area contributed by atoms with Gasteiger partial charge in [0.05, 0.1) is 12.8 Å². The molecule has 0 aromatic heterocycles. The molecule has 1 rings (SSSR count). The van der Waals surface area contributed by atoms with E-state index in [0.717, 1.165) is 5.56 Å². The molecule has 0 fully saturated rings. The number of rotatable bonds is 3. The van der Waals surface area contributed by atoms with Gasteiger partial charge >= 0.3 is 6.09 Å². The molecule has 0 saturated heterocycles. The Morgan fingerprint density at radius 2 is 1.88 bits per heavy atom. The van der Waals surface area contributed by atoms with Crippen molar-refractivity contribution >= 4 is 17.6 Å². The number of ketones is 1. The molecule has 0 radical (unpaired) electrons. The van der Waals surface area contributed by atoms with Gasteiger partial charge in [-0.05, 0) is 12.5 Å². The van der Waals surface area contributed by atoms with Crippen LogP contribution in [-0.2, 0) is 9.53 Å². The normalized spacial score (nSPS) is 10.8. The molecule has 1 N–H and O–H groups in total. The Labute approximate surface area is 93.9 Å². The van der Waals surface area contributed by atoms with E-state index in [4.69, 9.17) is 0 Å². The van der Waals surface area contributed by atoms with E-state index in [1.807, 2.05) is 18.2 Å². The van der Waals surface area contributed by atoms with Crippen molar-refractivity contribution in [2.75, 3.05) is 7.11 Å². The van der Waals surface area contributed by atoms with Crippen molar-refractivity contribution in [1.82, 2.24) is 5.32 Å². The molecular formula is C12H13NO3. The molecule has 0 bridgehead atoms. The van der Waals surface area contributed by atoms with Gasteiger partial charge in [-0.15, -0.1) is 0 Å². The summed E-state index contributed by atoms with van der Waals surface area (Å²) in [7, 11) is 1.27. The summed E-state index contributed by atoms with van der Waals surface area (Å²) < 4.78 is 4.48. The topological polar surface area (TPSA) is 55.4 Å². The predicted octanol–water partition coefficient (Wildman–Crippen LogP) is 1.97. The summed E-state index contributed by atoms with van der Waals surface area (Å²) >= 11 is 0. The molecule has 0 spiro atoms. The van der Waals surface area contributed by atoms with E-state index in [1.54, 1.807) is 12.1 Å². The summed E-state index contributed by atoms with van der Waals surface area (Å²) in [5, 5.41) is 2.49. The molecule has 84 valence electrons. The maximum absolute atomic E-state index is 11.1. The number of benzene rings is 1. The lowest BCUT2D eigenvalue weighted by Crippen LogP contribution is -2.22. The van der Waals surface area contributed by atoms with Crippen LogP contribution in [0.2, 0.25) is 0 Å². The van der Waals surface area contributed by atoms with E-state index in [0.29, 0.717) is 5.70 Å². The van der Waals surface area contributed by atoms with Crippen LogP contribution in [0.5, 0.6) is 0 Å². The predicted molar refractivity (Wildman–Crippen MR) is 60.6 cm³/mol. The lowest BCUT2D eigenvalue weighted by molar-refractivity contribution is -0.112. The molecule has 0 aliphatic rings. The molecule has 0 saturated carbocycles. The van der Waals surface area contributed by atoms with E-state index in [2.05, 4.69) is 10.1 Å². The summed E-state index contributed by atoms with van der Waals surface area (Å²) in [5.74, 6) is -0.143. The van der Waals surface area contributed by atoms with Crippen LogP contribution in [0.15, 0.2) is 36.4 Å². The highest BCUT2D eigenvalue weighted by Crippen LogP contribution is 2.10. The fourth-order valence-electron chi connectivity index (χ4n) is 1.17. The first-order valence-corrected chi connectivity index (χ1v) is 4.76.